The van der Waals surface area contributed by atoms with Crippen molar-refractivity contribution in [3.8, 4) is 5.75 Å². The third kappa shape index (κ3) is 3.78. The Morgan fingerprint density at radius 2 is 1.79 bits per heavy atom. The first-order chi connectivity index (χ1) is 13.4. The van der Waals surface area contributed by atoms with Crippen LogP contribution in [-0.4, -0.2) is 16.7 Å². The SMILES string of the molecule is Cc1cnc(Nc2ccc(C(F)(F)F)cc2)nc1Nc1ccc2c(c1)NCO2. The predicted octanol–water partition coefficient (Wildman–Crippen LogP) is 5.05. The zero-order valence-electron chi connectivity index (χ0n) is 14.8. The zero-order chi connectivity index (χ0) is 19.7. The molecule has 6 nitrogen and oxygen atoms in total. The molecular formula is C19H16F3N5O. The number of fused-ring (bicyclic) bond motifs is 1. The van der Waals surface area contributed by atoms with Crippen LogP contribution in [0.1, 0.15) is 11.1 Å². The van der Waals surface area contributed by atoms with Gasteiger partial charge in [-0.05, 0) is 49.4 Å². The van der Waals surface area contributed by atoms with Gasteiger partial charge in [-0.25, -0.2) is 4.98 Å². The number of benzene rings is 2. The molecule has 1 aliphatic rings. The maximum atomic E-state index is 12.7. The van der Waals surface area contributed by atoms with Crippen molar-refractivity contribution in [2.45, 2.75) is 13.1 Å². The summed E-state index contributed by atoms with van der Waals surface area (Å²) in [4.78, 5) is 8.61. The maximum absolute atomic E-state index is 12.7. The lowest BCUT2D eigenvalue weighted by Crippen LogP contribution is -2.05. The second-order valence-electron chi connectivity index (χ2n) is 6.23. The monoisotopic (exact) mass is 387 g/mol. The summed E-state index contributed by atoms with van der Waals surface area (Å²) in [6, 6.07) is 10.3. The minimum absolute atomic E-state index is 0.274. The van der Waals surface area contributed by atoms with Crippen LogP contribution in [0.25, 0.3) is 0 Å². The average Bonchev–Trinajstić information content (AvgIpc) is 3.12. The summed E-state index contributed by atoms with van der Waals surface area (Å²) >= 11 is 0. The van der Waals surface area contributed by atoms with E-state index in [9.17, 15) is 13.2 Å². The molecule has 0 amide bonds. The summed E-state index contributed by atoms with van der Waals surface area (Å²) in [6.07, 6.45) is -2.73. The van der Waals surface area contributed by atoms with Crippen molar-refractivity contribution < 1.29 is 17.9 Å². The fraction of sp³-hybridized carbons (Fsp3) is 0.158. The van der Waals surface area contributed by atoms with Crippen molar-refractivity contribution in [1.82, 2.24) is 9.97 Å². The number of anilines is 5. The van der Waals surface area contributed by atoms with E-state index < -0.39 is 11.7 Å². The molecule has 2 heterocycles. The highest BCUT2D eigenvalue weighted by Gasteiger charge is 2.29. The fourth-order valence-corrected chi connectivity index (χ4v) is 2.70. The Morgan fingerprint density at radius 3 is 2.54 bits per heavy atom. The molecule has 4 rings (SSSR count). The number of ether oxygens (including phenoxy) is 1. The second kappa shape index (κ2) is 6.91. The average molecular weight is 387 g/mol. The van der Waals surface area contributed by atoms with Crippen molar-refractivity contribution in [3.63, 3.8) is 0 Å². The zero-order valence-corrected chi connectivity index (χ0v) is 14.8. The van der Waals surface area contributed by atoms with E-state index in [0.717, 1.165) is 34.8 Å². The molecule has 144 valence electrons. The van der Waals surface area contributed by atoms with Gasteiger partial charge >= 0.3 is 6.18 Å². The fourth-order valence-electron chi connectivity index (χ4n) is 2.70. The lowest BCUT2D eigenvalue weighted by Gasteiger charge is -2.12. The van der Waals surface area contributed by atoms with E-state index in [-0.39, 0.29) is 5.95 Å². The summed E-state index contributed by atoms with van der Waals surface area (Å²) in [5, 5.41) is 9.25. The number of rotatable bonds is 4. The van der Waals surface area contributed by atoms with Crippen LogP contribution < -0.4 is 20.7 Å². The van der Waals surface area contributed by atoms with Crippen LogP contribution in [0.3, 0.4) is 0 Å². The van der Waals surface area contributed by atoms with Gasteiger partial charge in [-0.3, -0.25) is 0 Å². The summed E-state index contributed by atoms with van der Waals surface area (Å²) in [7, 11) is 0. The quantitative estimate of drug-likeness (QED) is 0.582. The molecule has 0 saturated heterocycles. The molecule has 3 aromatic rings. The lowest BCUT2D eigenvalue weighted by molar-refractivity contribution is -0.137. The van der Waals surface area contributed by atoms with Crippen molar-refractivity contribution >= 4 is 28.8 Å². The van der Waals surface area contributed by atoms with Gasteiger partial charge in [0.1, 0.15) is 11.6 Å². The van der Waals surface area contributed by atoms with Crippen LogP contribution >= 0.6 is 0 Å². The van der Waals surface area contributed by atoms with E-state index in [4.69, 9.17) is 4.74 Å². The molecule has 9 heteroatoms. The summed E-state index contributed by atoms with van der Waals surface area (Å²) in [5.74, 6) is 1.65. The van der Waals surface area contributed by atoms with Crippen LogP contribution in [0.5, 0.6) is 5.75 Å². The topological polar surface area (TPSA) is 71.1 Å². The molecule has 0 spiro atoms. The number of nitrogens with one attached hydrogen (secondary N) is 3. The van der Waals surface area contributed by atoms with E-state index in [0.29, 0.717) is 18.2 Å². The van der Waals surface area contributed by atoms with Crippen LogP contribution in [0.2, 0.25) is 0 Å². The molecule has 0 fully saturated rings. The smallest absolute Gasteiger partial charge is 0.416 e. The minimum atomic E-state index is -4.37. The van der Waals surface area contributed by atoms with E-state index in [1.807, 2.05) is 25.1 Å². The van der Waals surface area contributed by atoms with E-state index in [1.165, 1.54) is 12.1 Å². The number of aryl methyl sites for hydroxylation is 1. The molecule has 0 aliphatic carbocycles. The first-order valence-corrected chi connectivity index (χ1v) is 8.44. The van der Waals surface area contributed by atoms with Crippen LogP contribution in [-0.2, 0) is 6.18 Å². The molecule has 0 saturated carbocycles. The number of hydrogen-bond acceptors (Lipinski definition) is 6. The maximum Gasteiger partial charge on any atom is 0.416 e. The Kier molecular flexibility index (Phi) is 4.42. The molecule has 0 bridgehead atoms. The Bertz CT molecular complexity index is 1010. The highest BCUT2D eigenvalue weighted by Crippen LogP contribution is 2.33. The van der Waals surface area contributed by atoms with Crippen LogP contribution in [0, 0.1) is 6.92 Å². The van der Waals surface area contributed by atoms with Gasteiger partial charge in [-0.15, -0.1) is 0 Å². The van der Waals surface area contributed by atoms with Crippen molar-refractivity contribution in [2.75, 3.05) is 22.7 Å². The normalized spacial score (nSPS) is 12.7. The molecule has 1 aromatic heterocycles. The van der Waals surface area contributed by atoms with Gasteiger partial charge in [0.25, 0.3) is 0 Å². The molecule has 3 N–H and O–H groups in total. The molecule has 2 aromatic carbocycles. The summed E-state index contributed by atoms with van der Waals surface area (Å²) < 4.78 is 43.4. The summed E-state index contributed by atoms with van der Waals surface area (Å²) in [5.41, 5.74) is 2.28. The Balaban J connectivity index is 1.52. The van der Waals surface area contributed by atoms with Gasteiger partial charge in [0.2, 0.25) is 5.95 Å². The molecular weight excluding hydrogens is 371 g/mol. The second-order valence-corrected chi connectivity index (χ2v) is 6.23. The third-order valence-corrected chi connectivity index (χ3v) is 4.17. The third-order valence-electron chi connectivity index (χ3n) is 4.17. The molecule has 0 unspecified atom stereocenters. The van der Waals surface area contributed by atoms with Crippen LogP contribution in [0.4, 0.5) is 42.0 Å². The van der Waals surface area contributed by atoms with Gasteiger partial charge in [0, 0.05) is 23.1 Å². The van der Waals surface area contributed by atoms with Gasteiger partial charge in [0.15, 0.2) is 6.73 Å². The van der Waals surface area contributed by atoms with Crippen molar-refractivity contribution in [1.29, 1.82) is 0 Å². The van der Waals surface area contributed by atoms with E-state index in [1.54, 1.807) is 6.20 Å². The highest BCUT2D eigenvalue weighted by molar-refractivity contribution is 5.70. The number of halogens is 3. The standard InChI is InChI=1S/C19H16F3N5O/c1-11-9-23-18(26-13-4-2-12(3-5-13)19(20,21)22)27-17(11)25-14-6-7-16-15(8-14)24-10-28-16/h2-9,24H,10H2,1H3,(H2,23,25,26,27). The van der Waals surface area contributed by atoms with Gasteiger partial charge in [-0.2, -0.15) is 18.2 Å². The van der Waals surface area contributed by atoms with E-state index >= 15 is 0 Å². The number of nitrogens with zero attached hydrogens (tertiary/aromatic N) is 2. The first-order valence-electron chi connectivity index (χ1n) is 8.44. The molecule has 0 radical (unpaired) electrons. The number of aromatic nitrogens is 2. The Morgan fingerprint density at radius 1 is 1.04 bits per heavy atom. The Labute approximate surface area is 158 Å². The van der Waals surface area contributed by atoms with Gasteiger partial charge < -0.3 is 20.7 Å². The van der Waals surface area contributed by atoms with Crippen molar-refractivity contribution in [3.05, 3.63) is 59.8 Å². The first kappa shape index (κ1) is 17.9. The van der Waals surface area contributed by atoms with Gasteiger partial charge in [0.05, 0.1) is 11.3 Å². The summed E-state index contributed by atoms with van der Waals surface area (Å²) in [6.45, 7) is 2.30. The Hall–Kier alpha value is -3.49. The predicted molar refractivity (Wildman–Crippen MR) is 100 cm³/mol. The highest BCUT2D eigenvalue weighted by atomic mass is 19.4. The van der Waals surface area contributed by atoms with Crippen molar-refractivity contribution in [2.24, 2.45) is 0 Å². The largest absolute Gasteiger partial charge is 0.471 e. The molecule has 1 aliphatic heterocycles. The number of hydrogen-bond donors (Lipinski definition) is 3. The van der Waals surface area contributed by atoms with Gasteiger partial charge in [-0.1, -0.05) is 0 Å². The number of alkyl halides is 3. The minimum Gasteiger partial charge on any atom is -0.471 e. The van der Waals surface area contributed by atoms with Crippen LogP contribution in [0.15, 0.2) is 48.7 Å². The van der Waals surface area contributed by atoms with E-state index in [2.05, 4.69) is 25.9 Å². The molecule has 28 heavy (non-hydrogen) atoms. The molecule has 0 atom stereocenters. The lowest BCUT2D eigenvalue weighted by atomic mass is 10.2.